The highest BCUT2D eigenvalue weighted by molar-refractivity contribution is 7.11. The smallest absolute Gasteiger partial charge is 0.337 e. The van der Waals surface area contributed by atoms with Crippen molar-refractivity contribution in [1.29, 1.82) is 0 Å². The van der Waals surface area contributed by atoms with Gasteiger partial charge in [-0.2, -0.15) is 4.98 Å². The Hall–Kier alpha value is -2.81. The molecule has 0 saturated carbocycles. The Kier molecular flexibility index (Phi) is 4.02. The van der Waals surface area contributed by atoms with Gasteiger partial charge in [-0.25, -0.2) is 9.78 Å². The van der Waals surface area contributed by atoms with Crippen molar-refractivity contribution in [2.45, 2.75) is 20.3 Å². The van der Waals surface area contributed by atoms with Crippen molar-refractivity contribution in [3.8, 4) is 6.01 Å². The lowest BCUT2D eigenvalue weighted by molar-refractivity contribution is 0.311. The van der Waals surface area contributed by atoms with E-state index in [0.717, 1.165) is 0 Å². The van der Waals surface area contributed by atoms with Crippen LogP contribution in [0.15, 0.2) is 36.8 Å². The molecular weight excluding hydrogens is 320 g/mol. The molecule has 3 heterocycles. The number of hydrogen-bond donors (Lipinski definition) is 1. The number of aryl methyl sites for hydroxylation is 1. The number of H-pyrrole nitrogens is 1. The summed E-state index contributed by atoms with van der Waals surface area (Å²) in [6.45, 7) is 3.55. The van der Waals surface area contributed by atoms with Crippen molar-refractivity contribution in [2.75, 3.05) is 0 Å². The Labute approximate surface area is 133 Å². The fraction of sp³-hybridized carbons (Fsp3) is 0.214. The van der Waals surface area contributed by atoms with E-state index in [0.29, 0.717) is 22.7 Å². The summed E-state index contributed by atoms with van der Waals surface area (Å²) in [7, 11) is 0. The van der Waals surface area contributed by atoms with E-state index in [4.69, 9.17) is 9.25 Å². The van der Waals surface area contributed by atoms with Crippen LogP contribution in [-0.4, -0.2) is 20.7 Å². The number of rotatable bonds is 4. The molecule has 3 aromatic rings. The normalized spacial score (nSPS) is 11.8. The SMILES string of the molecule is CCc1cc(=O)oc2nc(ON=C(C)c3nccs3)[nH]c(=O)c12. The molecule has 3 aromatic heterocycles. The lowest BCUT2D eigenvalue weighted by Crippen LogP contribution is -2.14. The number of nitrogens with one attached hydrogen (secondary N) is 1. The van der Waals surface area contributed by atoms with Gasteiger partial charge in [0.2, 0.25) is 5.71 Å². The molecule has 0 unspecified atom stereocenters. The molecule has 8 nitrogen and oxygen atoms in total. The molecule has 0 aliphatic rings. The maximum atomic E-state index is 12.2. The van der Waals surface area contributed by atoms with Crippen LogP contribution in [0, 0.1) is 0 Å². The molecule has 0 amide bonds. The second-order valence-electron chi connectivity index (χ2n) is 4.60. The van der Waals surface area contributed by atoms with Gasteiger partial charge in [-0.15, -0.1) is 11.3 Å². The standard InChI is InChI=1S/C14H12N4O4S/c1-3-8-6-9(19)21-12-10(8)11(20)16-14(17-12)22-18-7(2)13-15-4-5-23-13/h4-6H,3H2,1-2H3,(H,16,17,20). The molecule has 3 rings (SSSR count). The van der Waals surface area contributed by atoms with Crippen molar-refractivity contribution in [1.82, 2.24) is 15.0 Å². The van der Waals surface area contributed by atoms with Crippen LogP contribution < -0.4 is 16.0 Å². The van der Waals surface area contributed by atoms with E-state index in [-0.39, 0.29) is 17.1 Å². The number of nitrogens with zero attached hydrogens (tertiary/aromatic N) is 3. The van der Waals surface area contributed by atoms with Gasteiger partial charge in [0, 0.05) is 17.6 Å². The summed E-state index contributed by atoms with van der Waals surface area (Å²) in [6.07, 6.45) is 2.16. The van der Waals surface area contributed by atoms with E-state index in [2.05, 4.69) is 20.1 Å². The first-order valence-corrected chi connectivity index (χ1v) is 7.65. The first-order chi connectivity index (χ1) is 11.1. The van der Waals surface area contributed by atoms with Gasteiger partial charge in [0.25, 0.3) is 5.56 Å². The summed E-state index contributed by atoms with van der Waals surface area (Å²) in [5.41, 5.74) is 0.00861. The summed E-state index contributed by atoms with van der Waals surface area (Å²) >= 11 is 1.40. The van der Waals surface area contributed by atoms with Gasteiger partial charge in [0.05, 0.1) is 0 Å². The van der Waals surface area contributed by atoms with Crippen molar-refractivity contribution >= 4 is 28.1 Å². The van der Waals surface area contributed by atoms with E-state index in [1.807, 2.05) is 12.3 Å². The third-order valence-corrected chi connectivity index (χ3v) is 3.95. The minimum Gasteiger partial charge on any atom is -0.403 e. The molecule has 0 radical (unpaired) electrons. The summed E-state index contributed by atoms with van der Waals surface area (Å²) in [6, 6.07) is 1.12. The molecule has 0 spiro atoms. The maximum absolute atomic E-state index is 12.2. The van der Waals surface area contributed by atoms with E-state index in [1.54, 1.807) is 13.1 Å². The van der Waals surface area contributed by atoms with Gasteiger partial charge in [-0.05, 0) is 18.9 Å². The zero-order chi connectivity index (χ0) is 16.4. The highest BCUT2D eigenvalue weighted by atomic mass is 32.1. The zero-order valence-corrected chi connectivity index (χ0v) is 13.1. The number of oxime groups is 1. The van der Waals surface area contributed by atoms with E-state index >= 15 is 0 Å². The lowest BCUT2D eigenvalue weighted by atomic mass is 10.1. The van der Waals surface area contributed by atoms with Crippen LogP contribution in [0.25, 0.3) is 11.1 Å². The molecule has 1 N–H and O–H groups in total. The molecule has 118 valence electrons. The number of aromatic amines is 1. The van der Waals surface area contributed by atoms with Gasteiger partial charge in [-0.1, -0.05) is 12.1 Å². The van der Waals surface area contributed by atoms with Crippen LogP contribution in [-0.2, 0) is 6.42 Å². The Balaban J connectivity index is 2.02. The van der Waals surface area contributed by atoms with Gasteiger partial charge < -0.3 is 9.25 Å². The second kappa shape index (κ2) is 6.13. The molecule has 0 aliphatic carbocycles. The largest absolute Gasteiger partial charge is 0.403 e. The van der Waals surface area contributed by atoms with Crippen LogP contribution in [0.2, 0.25) is 0 Å². The average molecular weight is 332 g/mol. The third kappa shape index (κ3) is 3.04. The summed E-state index contributed by atoms with van der Waals surface area (Å²) < 4.78 is 4.98. The first kappa shape index (κ1) is 15.1. The van der Waals surface area contributed by atoms with Gasteiger partial charge in [0.15, 0.2) is 0 Å². The molecule has 0 atom stereocenters. The summed E-state index contributed by atoms with van der Waals surface area (Å²) in [5, 5.41) is 6.60. The Morgan fingerprint density at radius 1 is 1.48 bits per heavy atom. The quantitative estimate of drug-likeness (QED) is 0.575. The molecular formula is C14H12N4O4S. The monoisotopic (exact) mass is 332 g/mol. The maximum Gasteiger partial charge on any atom is 0.337 e. The van der Waals surface area contributed by atoms with E-state index in [1.165, 1.54) is 17.4 Å². The molecule has 0 saturated heterocycles. The average Bonchev–Trinajstić information content (AvgIpc) is 3.05. The van der Waals surface area contributed by atoms with Gasteiger partial charge >= 0.3 is 11.6 Å². The molecule has 9 heteroatoms. The minimum atomic E-state index is -0.569. The van der Waals surface area contributed by atoms with Crippen LogP contribution in [0.1, 0.15) is 24.4 Å². The van der Waals surface area contributed by atoms with Crippen molar-refractivity contribution in [3.05, 3.63) is 49.0 Å². The fourth-order valence-electron chi connectivity index (χ4n) is 2.00. The van der Waals surface area contributed by atoms with Crippen molar-refractivity contribution in [3.63, 3.8) is 0 Å². The van der Waals surface area contributed by atoms with E-state index < -0.39 is 11.2 Å². The predicted octanol–water partition coefficient (Wildman–Crippen LogP) is 1.70. The summed E-state index contributed by atoms with van der Waals surface area (Å²) in [5.74, 6) is 0. The molecule has 0 aromatic carbocycles. The number of hydrogen-bond acceptors (Lipinski definition) is 8. The topological polar surface area (TPSA) is 110 Å². The van der Waals surface area contributed by atoms with E-state index in [9.17, 15) is 9.59 Å². The highest BCUT2D eigenvalue weighted by Crippen LogP contribution is 2.14. The highest BCUT2D eigenvalue weighted by Gasteiger charge is 2.12. The molecule has 23 heavy (non-hydrogen) atoms. The second-order valence-corrected chi connectivity index (χ2v) is 5.50. The van der Waals surface area contributed by atoms with Crippen LogP contribution in [0.3, 0.4) is 0 Å². The number of fused-ring (bicyclic) bond motifs is 1. The van der Waals surface area contributed by atoms with Crippen LogP contribution >= 0.6 is 11.3 Å². The zero-order valence-electron chi connectivity index (χ0n) is 12.3. The number of aromatic nitrogens is 3. The summed E-state index contributed by atoms with van der Waals surface area (Å²) in [4.78, 5) is 39.3. The Morgan fingerprint density at radius 3 is 3.00 bits per heavy atom. The van der Waals surface area contributed by atoms with Gasteiger partial charge in [0.1, 0.15) is 16.1 Å². The molecule has 0 bridgehead atoms. The van der Waals surface area contributed by atoms with Crippen LogP contribution in [0.5, 0.6) is 6.01 Å². The third-order valence-electron chi connectivity index (χ3n) is 3.07. The van der Waals surface area contributed by atoms with Crippen LogP contribution in [0.4, 0.5) is 0 Å². The minimum absolute atomic E-state index is 0.0739. The lowest BCUT2D eigenvalue weighted by Gasteiger charge is -2.03. The first-order valence-electron chi connectivity index (χ1n) is 6.77. The van der Waals surface area contributed by atoms with Crippen molar-refractivity contribution in [2.24, 2.45) is 5.16 Å². The Morgan fingerprint density at radius 2 is 2.30 bits per heavy atom. The van der Waals surface area contributed by atoms with Crippen molar-refractivity contribution < 1.29 is 9.25 Å². The Bertz CT molecular complexity index is 988. The molecule has 0 fully saturated rings. The molecule has 0 aliphatic heterocycles. The van der Waals surface area contributed by atoms with Gasteiger partial charge in [-0.3, -0.25) is 9.78 Å². The number of thiazole rings is 1. The fourth-order valence-corrected chi connectivity index (χ4v) is 2.58. The predicted molar refractivity (Wildman–Crippen MR) is 85.2 cm³/mol.